The van der Waals surface area contributed by atoms with Gasteiger partial charge in [-0.3, -0.25) is 14.5 Å². The second-order valence-electron chi connectivity index (χ2n) is 6.07. The van der Waals surface area contributed by atoms with Gasteiger partial charge in [-0.1, -0.05) is 0 Å². The molecule has 0 aliphatic carbocycles. The van der Waals surface area contributed by atoms with E-state index in [1.54, 1.807) is 36.6 Å². The molecule has 27 heavy (non-hydrogen) atoms. The summed E-state index contributed by atoms with van der Waals surface area (Å²) in [4.78, 5) is 38.4. The van der Waals surface area contributed by atoms with Crippen LogP contribution in [-0.2, 0) is 15.1 Å². The molecule has 0 saturated carbocycles. The third kappa shape index (κ3) is 3.45. The summed E-state index contributed by atoms with van der Waals surface area (Å²) in [6.45, 7) is 1.21. The Morgan fingerprint density at radius 3 is 2.67 bits per heavy atom. The van der Waals surface area contributed by atoms with Crippen molar-refractivity contribution in [2.45, 2.75) is 12.5 Å². The van der Waals surface area contributed by atoms with E-state index in [2.05, 4.69) is 10.6 Å². The van der Waals surface area contributed by atoms with Gasteiger partial charge in [-0.05, 0) is 41.4 Å². The van der Waals surface area contributed by atoms with Crippen molar-refractivity contribution in [1.82, 2.24) is 10.2 Å². The monoisotopic (exact) mass is 389 g/mol. The van der Waals surface area contributed by atoms with E-state index in [-0.39, 0.29) is 0 Å². The zero-order valence-corrected chi connectivity index (χ0v) is 15.9. The molecule has 1 aromatic carbocycles. The van der Waals surface area contributed by atoms with E-state index in [9.17, 15) is 14.4 Å². The second kappa shape index (κ2) is 7.28. The van der Waals surface area contributed by atoms with Crippen molar-refractivity contribution < 1.29 is 23.9 Å². The highest BCUT2D eigenvalue weighted by molar-refractivity contribution is 7.08. The molecule has 2 aromatic rings. The van der Waals surface area contributed by atoms with E-state index in [0.29, 0.717) is 22.7 Å². The molecule has 1 aliphatic rings. The summed E-state index contributed by atoms with van der Waals surface area (Å²) in [6.07, 6.45) is 0. The van der Waals surface area contributed by atoms with Gasteiger partial charge in [0.15, 0.2) is 0 Å². The Balaban J connectivity index is 1.75. The number of urea groups is 1. The van der Waals surface area contributed by atoms with Crippen molar-refractivity contribution in [1.29, 1.82) is 0 Å². The van der Waals surface area contributed by atoms with E-state index in [4.69, 9.17) is 9.47 Å². The Bertz CT molecular complexity index is 883. The van der Waals surface area contributed by atoms with Crippen molar-refractivity contribution in [3.8, 4) is 11.5 Å². The molecular formula is C18H19N3O5S. The van der Waals surface area contributed by atoms with Gasteiger partial charge in [0.2, 0.25) is 5.91 Å². The van der Waals surface area contributed by atoms with Gasteiger partial charge >= 0.3 is 6.03 Å². The highest BCUT2D eigenvalue weighted by Crippen LogP contribution is 2.31. The zero-order valence-electron chi connectivity index (χ0n) is 15.1. The standard InChI is InChI=1S/C18H19N3O5S/c1-18(11-6-7-27-10-11)16(23)21(17(24)20-18)9-15(22)19-13-8-12(25-2)4-5-14(13)26-3/h4-8,10H,9H2,1-3H3,(H,19,22)(H,20,24). The number of imide groups is 1. The fourth-order valence-corrected chi connectivity index (χ4v) is 3.59. The first-order valence-corrected chi connectivity index (χ1v) is 9.02. The SMILES string of the molecule is COc1ccc(OC)c(NC(=O)CN2C(=O)NC(C)(c3ccsc3)C2=O)c1. The van der Waals surface area contributed by atoms with Crippen LogP contribution in [0.25, 0.3) is 0 Å². The van der Waals surface area contributed by atoms with Gasteiger partial charge in [0.25, 0.3) is 5.91 Å². The number of rotatable bonds is 6. The van der Waals surface area contributed by atoms with Crippen molar-refractivity contribution in [2.75, 3.05) is 26.1 Å². The number of thiophene rings is 1. The number of methoxy groups -OCH3 is 2. The molecule has 1 fully saturated rings. The normalized spacial score (nSPS) is 19.0. The average Bonchev–Trinajstić information content (AvgIpc) is 3.26. The van der Waals surface area contributed by atoms with Crippen molar-refractivity contribution in [3.05, 3.63) is 40.6 Å². The van der Waals surface area contributed by atoms with Gasteiger partial charge in [-0.25, -0.2) is 4.79 Å². The first-order chi connectivity index (χ1) is 12.9. The molecule has 9 heteroatoms. The number of anilines is 1. The fourth-order valence-electron chi connectivity index (χ4n) is 2.83. The number of hydrogen-bond acceptors (Lipinski definition) is 6. The molecule has 142 valence electrons. The molecule has 1 unspecified atom stereocenters. The first-order valence-electron chi connectivity index (χ1n) is 8.07. The topological polar surface area (TPSA) is 97.0 Å². The minimum atomic E-state index is -1.18. The lowest BCUT2D eigenvalue weighted by molar-refractivity contribution is -0.133. The summed E-state index contributed by atoms with van der Waals surface area (Å²) in [7, 11) is 2.98. The molecule has 2 N–H and O–H groups in total. The van der Waals surface area contributed by atoms with E-state index in [0.717, 1.165) is 4.90 Å². The van der Waals surface area contributed by atoms with Gasteiger partial charge in [0.05, 0.1) is 19.9 Å². The van der Waals surface area contributed by atoms with E-state index in [1.165, 1.54) is 25.6 Å². The van der Waals surface area contributed by atoms with Crippen LogP contribution in [0.5, 0.6) is 11.5 Å². The van der Waals surface area contributed by atoms with Crippen LogP contribution in [0.3, 0.4) is 0 Å². The number of nitrogens with one attached hydrogen (secondary N) is 2. The molecule has 1 atom stereocenters. The number of carbonyl (C=O) groups excluding carboxylic acids is 3. The predicted octanol–water partition coefficient (Wildman–Crippen LogP) is 2.17. The van der Waals surface area contributed by atoms with Crippen molar-refractivity contribution in [2.24, 2.45) is 0 Å². The fraction of sp³-hybridized carbons (Fsp3) is 0.278. The molecular weight excluding hydrogens is 370 g/mol. The molecule has 1 aliphatic heterocycles. The third-order valence-corrected chi connectivity index (χ3v) is 5.04. The molecule has 2 heterocycles. The van der Waals surface area contributed by atoms with Crippen LogP contribution in [0, 0.1) is 0 Å². The van der Waals surface area contributed by atoms with Crippen LogP contribution in [-0.4, -0.2) is 43.5 Å². The van der Waals surface area contributed by atoms with Gasteiger partial charge in [0.1, 0.15) is 23.6 Å². The molecule has 0 radical (unpaired) electrons. The largest absolute Gasteiger partial charge is 0.497 e. The van der Waals surface area contributed by atoms with Gasteiger partial charge in [-0.2, -0.15) is 11.3 Å². The highest BCUT2D eigenvalue weighted by atomic mass is 32.1. The smallest absolute Gasteiger partial charge is 0.325 e. The number of benzene rings is 1. The molecule has 1 saturated heterocycles. The minimum Gasteiger partial charge on any atom is -0.497 e. The van der Waals surface area contributed by atoms with Crippen LogP contribution >= 0.6 is 11.3 Å². The Morgan fingerprint density at radius 1 is 1.26 bits per heavy atom. The zero-order chi connectivity index (χ0) is 19.6. The maximum atomic E-state index is 12.8. The molecule has 0 spiro atoms. The van der Waals surface area contributed by atoms with Gasteiger partial charge in [0, 0.05) is 6.07 Å². The second-order valence-corrected chi connectivity index (χ2v) is 6.85. The lowest BCUT2D eigenvalue weighted by atomic mass is 9.95. The minimum absolute atomic E-state index is 0.384. The summed E-state index contributed by atoms with van der Waals surface area (Å²) >= 11 is 1.43. The van der Waals surface area contributed by atoms with Crippen molar-refractivity contribution >= 4 is 34.9 Å². The van der Waals surface area contributed by atoms with Gasteiger partial charge < -0.3 is 20.1 Å². The Morgan fingerprint density at radius 2 is 2.04 bits per heavy atom. The number of nitrogens with zero attached hydrogens (tertiary/aromatic N) is 1. The van der Waals surface area contributed by atoms with E-state index >= 15 is 0 Å². The van der Waals surface area contributed by atoms with Gasteiger partial charge in [-0.15, -0.1) is 0 Å². The predicted molar refractivity (Wildman–Crippen MR) is 100 cm³/mol. The maximum Gasteiger partial charge on any atom is 0.325 e. The average molecular weight is 389 g/mol. The first kappa shape index (κ1) is 18.7. The Labute approximate surface area is 160 Å². The molecule has 3 rings (SSSR count). The summed E-state index contributed by atoms with van der Waals surface area (Å²) in [5.41, 5.74) is -0.108. The van der Waals surface area contributed by atoms with Crippen LogP contribution in [0.2, 0.25) is 0 Å². The quantitative estimate of drug-likeness (QED) is 0.738. The Kier molecular flexibility index (Phi) is 5.04. The lowest BCUT2D eigenvalue weighted by Crippen LogP contribution is -2.41. The number of hydrogen-bond donors (Lipinski definition) is 2. The number of amides is 4. The molecule has 0 bridgehead atoms. The summed E-state index contributed by atoms with van der Waals surface area (Å²) in [6, 6.07) is 6.10. The van der Waals surface area contributed by atoms with Crippen LogP contribution in [0.1, 0.15) is 12.5 Å². The van der Waals surface area contributed by atoms with Crippen molar-refractivity contribution in [3.63, 3.8) is 0 Å². The number of carbonyl (C=O) groups is 3. The summed E-state index contributed by atoms with van der Waals surface area (Å²) < 4.78 is 10.3. The third-order valence-electron chi connectivity index (χ3n) is 4.36. The summed E-state index contributed by atoms with van der Waals surface area (Å²) in [5.74, 6) is -0.0335. The highest BCUT2D eigenvalue weighted by Gasteiger charge is 2.49. The lowest BCUT2D eigenvalue weighted by Gasteiger charge is -2.20. The molecule has 1 aromatic heterocycles. The molecule has 4 amide bonds. The van der Waals surface area contributed by atoms with Crippen LogP contribution in [0.15, 0.2) is 35.0 Å². The van der Waals surface area contributed by atoms with E-state index in [1.807, 2.05) is 5.38 Å². The van der Waals surface area contributed by atoms with Crippen LogP contribution in [0.4, 0.5) is 10.5 Å². The number of ether oxygens (including phenoxy) is 2. The maximum absolute atomic E-state index is 12.8. The Hall–Kier alpha value is -3.07. The molecule has 8 nitrogen and oxygen atoms in total. The van der Waals surface area contributed by atoms with Crippen LogP contribution < -0.4 is 20.1 Å². The van der Waals surface area contributed by atoms with E-state index < -0.39 is 29.9 Å². The summed E-state index contributed by atoms with van der Waals surface area (Å²) in [5, 5.41) is 8.93.